The molecule has 2 rings (SSSR count). The van der Waals surface area contributed by atoms with Gasteiger partial charge in [-0.3, -0.25) is 0 Å². The number of carbonyl (C=O) groups is 1. The molecular weight excluding hydrogens is 162 g/mol. The summed E-state index contributed by atoms with van der Waals surface area (Å²) in [6.07, 6.45) is 1.40. The molecule has 0 saturated heterocycles. The van der Waals surface area contributed by atoms with E-state index in [4.69, 9.17) is 0 Å². The molecule has 1 heterocycles. The van der Waals surface area contributed by atoms with E-state index in [9.17, 15) is 4.79 Å². The van der Waals surface area contributed by atoms with Gasteiger partial charge in [0.05, 0.1) is 0 Å². The van der Waals surface area contributed by atoms with E-state index in [1.54, 1.807) is 0 Å². The molecule has 0 unspecified atom stereocenters. The summed E-state index contributed by atoms with van der Waals surface area (Å²) >= 11 is 0. The quantitative estimate of drug-likeness (QED) is 0.694. The number of H-pyrrole nitrogens is 1. The Bertz CT molecular complexity index is 442. The van der Waals surface area contributed by atoms with Crippen molar-refractivity contribution in [2.45, 2.75) is 13.3 Å². The van der Waals surface area contributed by atoms with Crippen LogP contribution in [0.15, 0.2) is 24.3 Å². The maximum Gasteiger partial charge on any atom is 0.125 e. The van der Waals surface area contributed by atoms with Crippen LogP contribution in [0.25, 0.3) is 10.9 Å². The third-order valence-corrected chi connectivity index (χ3v) is 2.36. The summed E-state index contributed by atoms with van der Waals surface area (Å²) in [5, 5.41) is 1.21. The van der Waals surface area contributed by atoms with Gasteiger partial charge in [0.25, 0.3) is 0 Å². The molecule has 1 N–H and O–H groups in total. The fourth-order valence-corrected chi connectivity index (χ4v) is 1.63. The Morgan fingerprint density at radius 1 is 1.38 bits per heavy atom. The summed E-state index contributed by atoms with van der Waals surface area (Å²) in [5.41, 5.74) is 3.32. The molecule has 0 aliphatic heterocycles. The van der Waals surface area contributed by atoms with Crippen molar-refractivity contribution in [3.63, 3.8) is 0 Å². The molecule has 0 aliphatic carbocycles. The van der Waals surface area contributed by atoms with Gasteiger partial charge in [-0.15, -0.1) is 0 Å². The van der Waals surface area contributed by atoms with Crippen LogP contribution in [-0.2, 0) is 11.2 Å². The zero-order valence-electron chi connectivity index (χ0n) is 7.50. The van der Waals surface area contributed by atoms with Crippen molar-refractivity contribution in [3.8, 4) is 0 Å². The Labute approximate surface area is 76.6 Å². The van der Waals surface area contributed by atoms with Crippen LogP contribution in [0.4, 0.5) is 0 Å². The Kier molecular flexibility index (Phi) is 1.89. The van der Waals surface area contributed by atoms with E-state index in [1.165, 1.54) is 10.9 Å². The lowest BCUT2D eigenvalue weighted by Gasteiger charge is -1.90. The number of nitrogens with one attached hydrogen (secondary N) is 1. The minimum absolute atomic E-state index is 0.473. The second-order valence-electron chi connectivity index (χ2n) is 3.14. The summed E-state index contributed by atoms with van der Waals surface area (Å²) in [6.45, 7) is 2.04. The van der Waals surface area contributed by atoms with Crippen molar-refractivity contribution in [2.24, 2.45) is 0 Å². The number of aromatic nitrogens is 1. The van der Waals surface area contributed by atoms with E-state index in [0.29, 0.717) is 6.42 Å². The molecule has 0 spiro atoms. The van der Waals surface area contributed by atoms with Gasteiger partial charge in [0.2, 0.25) is 0 Å². The second kappa shape index (κ2) is 3.05. The number of carbonyl (C=O) groups excluding carboxylic acids is 1. The molecule has 66 valence electrons. The molecule has 0 radical (unpaired) electrons. The van der Waals surface area contributed by atoms with E-state index in [-0.39, 0.29) is 0 Å². The highest BCUT2D eigenvalue weighted by molar-refractivity contribution is 5.85. The zero-order chi connectivity index (χ0) is 9.26. The summed E-state index contributed by atoms with van der Waals surface area (Å²) in [7, 11) is 0. The number of aryl methyl sites for hydroxylation is 1. The van der Waals surface area contributed by atoms with Gasteiger partial charge in [0.1, 0.15) is 6.29 Å². The largest absolute Gasteiger partial charge is 0.358 e. The standard InChI is InChI=1S/C11H11NO/c1-8-9-4-2-3-5-11(9)12-10(8)6-7-13/h2-5,7,12H,6H2,1H3. The van der Waals surface area contributed by atoms with Gasteiger partial charge < -0.3 is 9.78 Å². The maximum atomic E-state index is 10.4. The highest BCUT2D eigenvalue weighted by Gasteiger charge is 2.04. The molecule has 2 nitrogen and oxygen atoms in total. The summed E-state index contributed by atoms with van der Waals surface area (Å²) in [6, 6.07) is 8.09. The van der Waals surface area contributed by atoms with Crippen LogP contribution in [-0.4, -0.2) is 11.3 Å². The third-order valence-electron chi connectivity index (χ3n) is 2.36. The van der Waals surface area contributed by atoms with E-state index in [1.807, 2.05) is 25.1 Å². The Hall–Kier alpha value is -1.57. The minimum Gasteiger partial charge on any atom is -0.358 e. The average Bonchev–Trinajstić information content (AvgIpc) is 2.46. The lowest BCUT2D eigenvalue weighted by molar-refractivity contribution is -0.107. The molecule has 0 fully saturated rings. The predicted molar refractivity (Wildman–Crippen MR) is 52.8 cm³/mol. The van der Waals surface area contributed by atoms with Crippen molar-refractivity contribution in [1.29, 1.82) is 0 Å². The lowest BCUT2D eigenvalue weighted by Crippen LogP contribution is -1.87. The molecule has 0 bridgehead atoms. The van der Waals surface area contributed by atoms with E-state index in [0.717, 1.165) is 17.5 Å². The number of hydrogen-bond acceptors (Lipinski definition) is 1. The first kappa shape index (κ1) is 8.05. The van der Waals surface area contributed by atoms with Crippen LogP contribution in [0.3, 0.4) is 0 Å². The number of fused-ring (bicyclic) bond motifs is 1. The summed E-state index contributed by atoms with van der Waals surface area (Å²) < 4.78 is 0. The molecule has 2 heteroatoms. The van der Waals surface area contributed by atoms with Gasteiger partial charge >= 0.3 is 0 Å². The minimum atomic E-state index is 0.473. The molecule has 1 aromatic heterocycles. The van der Waals surface area contributed by atoms with Gasteiger partial charge in [0, 0.05) is 23.0 Å². The van der Waals surface area contributed by atoms with Gasteiger partial charge in [-0.25, -0.2) is 0 Å². The lowest BCUT2D eigenvalue weighted by atomic mass is 10.1. The van der Waals surface area contributed by atoms with Crippen LogP contribution in [0, 0.1) is 6.92 Å². The molecule has 0 aliphatic rings. The monoisotopic (exact) mass is 173 g/mol. The Balaban J connectivity index is 2.66. The van der Waals surface area contributed by atoms with E-state index >= 15 is 0 Å². The highest BCUT2D eigenvalue weighted by Crippen LogP contribution is 2.20. The van der Waals surface area contributed by atoms with Crippen LogP contribution in [0.2, 0.25) is 0 Å². The number of hydrogen-bond donors (Lipinski definition) is 1. The van der Waals surface area contributed by atoms with E-state index < -0.39 is 0 Å². The Morgan fingerprint density at radius 2 is 2.15 bits per heavy atom. The fraction of sp³-hybridized carbons (Fsp3) is 0.182. The normalized spacial score (nSPS) is 10.5. The average molecular weight is 173 g/mol. The van der Waals surface area contributed by atoms with Crippen molar-refractivity contribution in [1.82, 2.24) is 4.98 Å². The highest BCUT2D eigenvalue weighted by atomic mass is 16.1. The van der Waals surface area contributed by atoms with Gasteiger partial charge in [0.15, 0.2) is 0 Å². The SMILES string of the molecule is Cc1c(CC=O)[nH]c2ccccc12. The second-order valence-corrected chi connectivity index (χ2v) is 3.14. The molecule has 0 saturated carbocycles. The van der Waals surface area contributed by atoms with Crippen LogP contribution in [0.1, 0.15) is 11.3 Å². The van der Waals surface area contributed by atoms with Gasteiger partial charge in [-0.05, 0) is 18.6 Å². The number of aldehydes is 1. The van der Waals surface area contributed by atoms with Crippen LogP contribution >= 0.6 is 0 Å². The summed E-state index contributed by atoms with van der Waals surface area (Å²) in [4.78, 5) is 13.6. The third kappa shape index (κ3) is 1.24. The smallest absolute Gasteiger partial charge is 0.125 e. The zero-order valence-corrected chi connectivity index (χ0v) is 7.50. The van der Waals surface area contributed by atoms with Crippen molar-refractivity contribution in [3.05, 3.63) is 35.5 Å². The number of benzene rings is 1. The first-order valence-electron chi connectivity index (χ1n) is 4.32. The molecule has 1 aromatic carbocycles. The molecule has 0 atom stereocenters. The molecular formula is C11H11NO. The Morgan fingerprint density at radius 3 is 2.85 bits per heavy atom. The first-order valence-corrected chi connectivity index (χ1v) is 4.32. The molecule has 2 aromatic rings. The van der Waals surface area contributed by atoms with Gasteiger partial charge in [-0.2, -0.15) is 0 Å². The first-order chi connectivity index (χ1) is 6.33. The van der Waals surface area contributed by atoms with Crippen molar-refractivity contribution < 1.29 is 4.79 Å². The predicted octanol–water partition coefficient (Wildman–Crippen LogP) is 2.22. The van der Waals surface area contributed by atoms with Crippen LogP contribution < -0.4 is 0 Å². The van der Waals surface area contributed by atoms with Crippen LogP contribution in [0.5, 0.6) is 0 Å². The van der Waals surface area contributed by atoms with E-state index in [2.05, 4.69) is 11.1 Å². The topological polar surface area (TPSA) is 32.9 Å². The molecule has 0 amide bonds. The van der Waals surface area contributed by atoms with Crippen molar-refractivity contribution in [2.75, 3.05) is 0 Å². The number of para-hydroxylation sites is 1. The summed E-state index contributed by atoms with van der Waals surface area (Å²) in [5.74, 6) is 0. The van der Waals surface area contributed by atoms with Gasteiger partial charge in [-0.1, -0.05) is 18.2 Å². The number of aromatic amines is 1. The number of rotatable bonds is 2. The van der Waals surface area contributed by atoms with Crippen molar-refractivity contribution >= 4 is 17.2 Å². The molecule has 13 heavy (non-hydrogen) atoms. The maximum absolute atomic E-state index is 10.4. The fourth-order valence-electron chi connectivity index (χ4n) is 1.63.